The van der Waals surface area contributed by atoms with E-state index in [1.54, 1.807) is 13.3 Å². The fourth-order valence-corrected chi connectivity index (χ4v) is 4.27. The van der Waals surface area contributed by atoms with Crippen LogP contribution in [0.4, 0.5) is 0 Å². The van der Waals surface area contributed by atoms with Gasteiger partial charge in [-0.3, -0.25) is 0 Å². The van der Waals surface area contributed by atoms with Crippen LogP contribution in [-0.4, -0.2) is 42.3 Å². The molecule has 0 N–H and O–H groups in total. The van der Waals surface area contributed by atoms with Gasteiger partial charge in [0.1, 0.15) is 5.75 Å². The van der Waals surface area contributed by atoms with Crippen molar-refractivity contribution in [2.75, 3.05) is 27.2 Å². The normalized spacial score (nSPS) is 16.5. The van der Waals surface area contributed by atoms with Crippen molar-refractivity contribution in [3.8, 4) is 5.75 Å². The highest BCUT2D eigenvalue weighted by Gasteiger charge is 2.23. The van der Waals surface area contributed by atoms with Gasteiger partial charge in [0.2, 0.25) is 0 Å². The summed E-state index contributed by atoms with van der Waals surface area (Å²) in [7, 11) is 4.02. The third-order valence-electron chi connectivity index (χ3n) is 5.70. The predicted octanol–water partition coefficient (Wildman–Crippen LogP) is 4.23. The van der Waals surface area contributed by atoms with Gasteiger partial charge in [0, 0.05) is 18.5 Å². The highest BCUT2D eigenvalue weighted by Crippen LogP contribution is 2.36. The second kappa shape index (κ2) is 8.05. The van der Waals surface area contributed by atoms with Crippen molar-refractivity contribution in [3.05, 3.63) is 65.4 Å². The lowest BCUT2D eigenvalue weighted by molar-refractivity contribution is 0.299. The molecule has 140 valence electrons. The molecule has 0 bridgehead atoms. The topological polar surface area (TPSA) is 38.2 Å². The van der Waals surface area contributed by atoms with Gasteiger partial charge in [0.05, 0.1) is 18.8 Å². The molecule has 1 atom stereocenters. The Hall–Kier alpha value is -2.46. The highest BCUT2D eigenvalue weighted by atomic mass is 16.5. The van der Waals surface area contributed by atoms with Gasteiger partial charge in [0.15, 0.2) is 0 Å². The van der Waals surface area contributed by atoms with E-state index in [9.17, 15) is 0 Å². The number of likely N-dealkylation sites (N-methyl/N-ethyl adjacent to an activating group) is 1. The average molecular weight is 361 g/mol. The van der Waals surface area contributed by atoms with Crippen molar-refractivity contribution in [1.82, 2.24) is 15.1 Å². The highest BCUT2D eigenvalue weighted by molar-refractivity contribution is 5.78. The summed E-state index contributed by atoms with van der Waals surface area (Å²) in [5, 5.41) is 9.27. The Balaban J connectivity index is 1.40. The van der Waals surface area contributed by atoms with E-state index in [4.69, 9.17) is 4.74 Å². The second-order valence-corrected chi connectivity index (χ2v) is 7.55. The molecular formula is C23H27N3O. The standard InChI is InChI=1S/C23H27N3O/c1-26(14-12-17-9-10-22-18(15-17)11-13-24-25-22)16-19-5-3-7-21-20(19)6-4-8-23(21)27-2/h4,6,8-11,13,15,19H,3,5,7,12,14,16H2,1-2H3. The first kappa shape index (κ1) is 17.9. The molecule has 0 aliphatic heterocycles. The van der Waals surface area contributed by atoms with Crippen LogP contribution in [0, 0.1) is 0 Å². The van der Waals surface area contributed by atoms with Gasteiger partial charge in [-0.1, -0.05) is 18.2 Å². The molecule has 4 nitrogen and oxygen atoms in total. The van der Waals surface area contributed by atoms with Crippen LogP contribution in [0.25, 0.3) is 10.9 Å². The quantitative estimate of drug-likeness (QED) is 0.658. The fourth-order valence-electron chi connectivity index (χ4n) is 4.27. The number of hydrogen-bond acceptors (Lipinski definition) is 4. The molecule has 27 heavy (non-hydrogen) atoms. The van der Waals surface area contributed by atoms with E-state index in [1.807, 2.05) is 6.07 Å². The van der Waals surface area contributed by atoms with Crippen molar-refractivity contribution in [1.29, 1.82) is 0 Å². The van der Waals surface area contributed by atoms with Crippen molar-refractivity contribution >= 4 is 10.9 Å². The van der Waals surface area contributed by atoms with E-state index < -0.39 is 0 Å². The number of aromatic nitrogens is 2. The first-order chi connectivity index (χ1) is 13.2. The number of nitrogens with zero attached hydrogens (tertiary/aromatic N) is 3. The molecule has 1 aliphatic carbocycles. The molecular weight excluding hydrogens is 334 g/mol. The fraction of sp³-hybridized carbons (Fsp3) is 0.391. The van der Waals surface area contributed by atoms with Crippen LogP contribution in [0.2, 0.25) is 0 Å². The van der Waals surface area contributed by atoms with Crippen LogP contribution in [0.15, 0.2) is 48.7 Å². The SMILES string of the molecule is COc1cccc2c1CCCC2CN(C)CCc1ccc2nnccc2c1. The lowest BCUT2D eigenvalue weighted by Gasteiger charge is -2.30. The van der Waals surface area contributed by atoms with Crippen LogP contribution >= 0.6 is 0 Å². The maximum absolute atomic E-state index is 5.58. The molecule has 1 unspecified atom stereocenters. The molecule has 1 heterocycles. The lowest BCUT2D eigenvalue weighted by Crippen LogP contribution is -2.28. The van der Waals surface area contributed by atoms with Gasteiger partial charge in [-0.25, -0.2) is 0 Å². The molecule has 0 radical (unpaired) electrons. The minimum absolute atomic E-state index is 0.598. The van der Waals surface area contributed by atoms with Gasteiger partial charge < -0.3 is 9.64 Å². The molecule has 1 aromatic heterocycles. The summed E-state index contributed by atoms with van der Waals surface area (Å²) in [6.45, 7) is 2.15. The number of benzene rings is 2. The van der Waals surface area contributed by atoms with E-state index in [0.717, 1.165) is 37.2 Å². The Morgan fingerprint density at radius 1 is 1.19 bits per heavy atom. The lowest BCUT2D eigenvalue weighted by atomic mass is 9.82. The zero-order chi connectivity index (χ0) is 18.6. The Labute approximate surface area is 161 Å². The summed E-state index contributed by atoms with van der Waals surface area (Å²) in [5.41, 5.74) is 5.22. The van der Waals surface area contributed by atoms with E-state index in [2.05, 4.69) is 58.5 Å². The largest absolute Gasteiger partial charge is 0.496 e. The monoisotopic (exact) mass is 361 g/mol. The van der Waals surface area contributed by atoms with Gasteiger partial charge in [-0.2, -0.15) is 10.2 Å². The van der Waals surface area contributed by atoms with Gasteiger partial charge in [0.25, 0.3) is 0 Å². The first-order valence-corrected chi connectivity index (χ1v) is 9.79. The van der Waals surface area contributed by atoms with Gasteiger partial charge >= 0.3 is 0 Å². The van der Waals surface area contributed by atoms with Crippen LogP contribution < -0.4 is 4.74 Å². The van der Waals surface area contributed by atoms with Gasteiger partial charge in [-0.05, 0) is 79.6 Å². The summed E-state index contributed by atoms with van der Waals surface area (Å²) in [6.07, 6.45) is 6.45. The van der Waals surface area contributed by atoms with E-state index in [1.165, 1.54) is 34.9 Å². The summed E-state index contributed by atoms with van der Waals surface area (Å²) in [6, 6.07) is 15.0. The summed E-state index contributed by atoms with van der Waals surface area (Å²) >= 11 is 0. The van der Waals surface area contributed by atoms with Crippen molar-refractivity contribution in [2.45, 2.75) is 31.6 Å². The van der Waals surface area contributed by atoms with Crippen molar-refractivity contribution in [2.24, 2.45) is 0 Å². The maximum atomic E-state index is 5.58. The predicted molar refractivity (Wildman–Crippen MR) is 109 cm³/mol. The minimum Gasteiger partial charge on any atom is -0.496 e. The molecule has 0 spiro atoms. The number of hydrogen-bond donors (Lipinski definition) is 0. The third-order valence-corrected chi connectivity index (χ3v) is 5.70. The summed E-state index contributed by atoms with van der Waals surface area (Å²) < 4.78 is 5.58. The minimum atomic E-state index is 0.598. The Kier molecular flexibility index (Phi) is 5.35. The zero-order valence-corrected chi connectivity index (χ0v) is 16.2. The molecule has 0 fully saturated rings. The first-order valence-electron chi connectivity index (χ1n) is 9.79. The van der Waals surface area contributed by atoms with Crippen LogP contribution in [-0.2, 0) is 12.8 Å². The molecule has 0 amide bonds. The third kappa shape index (κ3) is 3.96. The van der Waals surface area contributed by atoms with E-state index in [0.29, 0.717) is 5.92 Å². The van der Waals surface area contributed by atoms with Crippen molar-refractivity contribution in [3.63, 3.8) is 0 Å². The molecule has 0 saturated carbocycles. The van der Waals surface area contributed by atoms with Crippen LogP contribution in [0.1, 0.15) is 35.4 Å². The molecule has 4 heteroatoms. The number of methoxy groups -OCH3 is 1. The number of rotatable bonds is 6. The molecule has 3 aromatic rings. The Morgan fingerprint density at radius 2 is 2.11 bits per heavy atom. The summed E-state index contributed by atoms with van der Waals surface area (Å²) in [4.78, 5) is 2.47. The number of fused-ring (bicyclic) bond motifs is 2. The molecule has 0 saturated heterocycles. The molecule has 4 rings (SSSR count). The second-order valence-electron chi connectivity index (χ2n) is 7.55. The maximum Gasteiger partial charge on any atom is 0.122 e. The smallest absolute Gasteiger partial charge is 0.122 e. The van der Waals surface area contributed by atoms with Crippen LogP contribution in [0.3, 0.4) is 0 Å². The Morgan fingerprint density at radius 3 is 3.00 bits per heavy atom. The summed E-state index contributed by atoms with van der Waals surface area (Å²) in [5.74, 6) is 1.65. The van der Waals surface area contributed by atoms with Crippen LogP contribution in [0.5, 0.6) is 5.75 Å². The van der Waals surface area contributed by atoms with Crippen molar-refractivity contribution < 1.29 is 4.74 Å². The number of ether oxygens (including phenoxy) is 1. The molecule has 1 aliphatic rings. The van der Waals surface area contributed by atoms with Gasteiger partial charge in [-0.15, -0.1) is 0 Å². The average Bonchev–Trinajstić information content (AvgIpc) is 2.72. The van der Waals surface area contributed by atoms with E-state index >= 15 is 0 Å². The van der Waals surface area contributed by atoms with E-state index in [-0.39, 0.29) is 0 Å². The Bertz CT molecular complexity index is 924. The zero-order valence-electron chi connectivity index (χ0n) is 16.2. The molecule has 2 aromatic carbocycles.